The molecule has 0 fully saturated rings. The van der Waals surface area contributed by atoms with E-state index in [2.05, 4.69) is 10.3 Å². The summed E-state index contributed by atoms with van der Waals surface area (Å²) < 4.78 is 20.8. The van der Waals surface area contributed by atoms with E-state index in [-0.39, 0.29) is 5.78 Å². The maximum absolute atomic E-state index is 12.9. The summed E-state index contributed by atoms with van der Waals surface area (Å²) in [4.78, 5) is 27.9. The third-order valence-corrected chi connectivity index (χ3v) is 4.51. The molecule has 0 saturated carbocycles. The second kappa shape index (κ2) is 8.69. The van der Waals surface area contributed by atoms with Crippen molar-refractivity contribution in [1.82, 2.24) is 4.98 Å². The Morgan fingerprint density at radius 2 is 1.57 bits per heavy atom. The Labute approximate surface area is 164 Å². The van der Waals surface area contributed by atoms with Crippen molar-refractivity contribution >= 4 is 17.4 Å². The molecule has 152 valence electrons. The molecule has 0 aliphatic rings. The lowest BCUT2D eigenvalue weighted by molar-refractivity contribution is 0.0599. The summed E-state index contributed by atoms with van der Waals surface area (Å²) in [5.41, 5.74) is 2.53. The predicted octanol–water partition coefficient (Wildman–Crippen LogP) is 3.13. The van der Waals surface area contributed by atoms with Crippen LogP contribution in [-0.2, 0) is 4.74 Å². The summed E-state index contributed by atoms with van der Waals surface area (Å²) in [6, 6.07) is 2.86. The van der Waals surface area contributed by atoms with Crippen molar-refractivity contribution in [3.05, 3.63) is 34.6 Å². The number of H-pyrrole nitrogens is 1. The van der Waals surface area contributed by atoms with Crippen LogP contribution in [0.1, 0.15) is 39.0 Å². The average molecular weight is 390 g/mol. The van der Waals surface area contributed by atoms with Gasteiger partial charge in [-0.1, -0.05) is 0 Å². The number of nitrogens with one attached hydrogen (secondary N) is 2. The number of rotatable bonds is 8. The zero-order chi connectivity index (χ0) is 21.0. The van der Waals surface area contributed by atoms with Gasteiger partial charge in [-0.25, -0.2) is 4.79 Å². The van der Waals surface area contributed by atoms with Gasteiger partial charge in [-0.2, -0.15) is 0 Å². The molecule has 0 aliphatic heterocycles. The van der Waals surface area contributed by atoms with E-state index >= 15 is 0 Å². The Balaban J connectivity index is 2.32. The van der Waals surface area contributed by atoms with Crippen LogP contribution in [0.3, 0.4) is 0 Å². The topological polar surface area (TPSA) is 98.9 Å². The number of aryl methyl sites for hydroxylation is 1. The van der Waals surface area contributed by atoms with Gasteiger partial charge in [-0.05, 0) is 26.3 Å². The van der Waals surface area contributed by atoms with Crippen LogP contribution in [0, 0.1) is 13.8 Å². The highest BCUT2D eigenvalue weighted by atomic mass is 16.5. The molecule has 0 aliphatic carbocycles. The Kier molecular flexibility index (Phi) is 6.56. The van der Waals surface area contributed by atoms with E-state index in [1.807, 2.05) is 0 Å². The first-order valence-electron chi connectivity index (χ1n) is 8.67. The minimum atomic E-state index is -0.579. The molecule has 0 radical (unpaired) electrons. The fourth-order valence-corrected chi connectivity index (χ4v) is 3.10. The minimum Gasteiger partial charge on any atom is -0.493 e. The number of Topliss-reactive ketones (excluding diaryl/α,β-unsaturated/α-hetero) is 1. The zero-order valence-electron chi connectivity index (χ0n) is 17.2. The molecule has 1 atom stereocenters. The van der Waals surface area contributed by atoms with Gasteiger partial charge in [0.2, 0.25) is 11.5 Å². The molecule has 8 nitrogen and oxygen atoms in total. The highest BCUT2D eigenvalue weighted by Crippen LogP contribution is 2.40. The molecule has 0 unspecified atom stereocenters. The standard InChI is InChI=1S/C20H26N2O6/c1-10-16(20(24)28-7)11(2)22-17(10)18(23)12(3)21-13-8-14(25-4)19(27-6)15(9-13)26-5/h8-9,12,21-22H,1-7H3/t12-/m1/s1. The summed E-state index contributed by atoms with van der Waals surface area (Å²) >= 11 is 0. The van der Waals surface area contributed by atoms with Gasteiger partial charge in [0, 0.05) is 23.5 Å². The number of hydrogen-bond donors (Lipinski definition) is 2. The first-order chi connectivity index (χ1) is 13.3. The molecular weight excluding hydrogens is 364 g/mol. The molecule has 1 heterocycles. The van der Waals surface area contributed by atoms with Gasteiger partial charge < -0.3 is 29.2 Å². The monoisotopic (exact) mass is 390 g/mol. The van der Waals surface area contributed by atoms with Crippen LogP contribution in [0.4, 0.5) is 5.69 Å². The third-order valence-electron chi connectivity index (χ3n) is 4.51. The molecule has 0 spiro atoms. The number of anilines is 1. The van der Waals surface area contributed by atoms with Crippen molar-refractivity contribution in [2.45, 2.75) is 26.8 Å². The van der Waals surface area contributed by atoms with Crippen LogP contribution in [0.15, 0.2) is 12.1 Å². The van der Waals surface area contributed by atoms with Gasteiger partial charge >= 0.3 is 5.97 Å². The summed E-state index contributed by atoms with van der Waals surface area (Å²) in [5, 5.41) is 3.14. The number of methoxy groups -OCH3 is 4. The van der Waals surface area contributed by atoms with E-state index in [9.17, 15) is 9.59 Å². The molecule has 28 heavy (non-hydrogen) atoms. The molecule has 0 saturated heterocycles. The number of benzene rings is 1. The summed E-state index contributed by atoms with van der Waals surface area (Å²) in [5.74, 6) is 0.751. The van der Waals surface area contributed by atoms with Gasteiger partial charge in [0.25, 0.3) is 0 Å². The Hall–Kier alpha value is -3.16. The fraction of sp³-hybridized carbons (Fsp3) is 0.400. The number of esters is 1. The lowest BCUT2D eigenvalue weighted by atomic mass is 10.0. The predicted molar refractivity (Wildman–Crippen MR) is 105 cm³/mol. The highest BCUT2D eigenvalue weighted by Gasteiger charge is 2.26. The summed E-state index contributed by atoms with van der Waals surface area (Å²) in [6.45, 7) is 5.18. The molecule has 1 aromatic heterocycles. The van der Waals surface area contributed by atoms with Gasteiger partial charge in [-0.15, -0.1) is 0 Å². The maximum atomic E-state index is 12.9. The zero-order valence-corrected chi connectivity index (χ0v) is 17.2. The lowest BCUT2D eigenvalue weighted by Crippen LogP contribution is -2.27. The Bertz CT molecular complexity index is 862. The van der Waals surface area contributed by atoms with E-state index in [1.165, 1.54) is 28.4 Å². The number of ether oxygens (including phenoxy) is 4. The van der Waals surface area contributed by atoms with Crippen molar-refractivity contribution in [2.24, 2.45) is 0 Å². The number of carbonyl (C=O) groups is 2. The molecule has 8 heteroatoms. The molecular formula is C20H26N2O6. The highest BCUT2D eigenvalue weighted by molar-refractivity contribution is 6.04. The normalized spacial score (nSPS) is 11.5. The van der Waals surface area contributed by atoms with Gasteiger partial charge in [0.05, 0.1) is 45.7 Å². The smallest absolute Gasteiger partial charge is 0.339 e. The van der Waals surface area contributed by atoms with Crippen LogP contribution in [0.25, 0.3) is 0 Å². The van der Waals surface area contributed by atoms with Gasteiger partial charge in [-0.3, -0.25) is 4.79 Å². The molecule has 2 rings (SSSR count). The van der Waals surface area contributed by atoms with Crippen LogP contribution in [0.2, 0.25) is 0 Å². The Morgan fingerprint density at radius 3 is 2.04 bits per heavy atom. The number of carbonyl (C=O) groups excluding carboxylic acids is 2. The second-order valence-electron chi connectivity index (χ2n) is 6.26. The first kappa shape index (κ1) is 21.1. The molecule has 2 aromatic rings. The molecule has 2 N–H and O–H groups in total. The quantitative estimate of drug-likeness (QED) is 0.528. The van der Waals surface area contributed by atoms with Crippen LogP contribution in [0.5, 0.6) is 17.2 Å². The largest absolute Gasteiger partial charge is 0.493 e. The van der Waals surface area contributed by atoms with Crippen molar-refractivity contribution in [3.63, 3.8) is 0 Å². The van der Waals surface area contributed by atoms with E-state index in [4.69, 9.17) is 18.9 Å². The molecule has 0 bridgehead atoms. The van der Waals surface area contributed by atoms with Crippen LogP contribution < -0.4 is 19.5 Å². The first-order valence-corrected chi connectivity index (χ1v) is 8.67. The lowest BCUT2D eigenvalue weighted by Gasteiger charge is -2.18. The third kappa shape index (κ3) is 3.90. The van der Waals surface area contributed by atoms with Crippen LogP contribution in [-0.4, -0.2) is 51.2 Å². The number of ketones is 1. The number of hydrogen-bond acceptors (Lipinski definition) is 7. The number of aromatic amines is 1. The molecule has 1 aromatic carbocycles. The van der Waals surface area contributed by atoms with E-state index in [0.29, 0.717) is 45.5 Å². The number of aromatic nitrogens is 1. The SMILES string of the molecule is COC(=O)c1c(C)[nH]c(C(=O)[C@@H](C)Nc2cc(OC)c(OC)c(OC)c2)c1C. The maximum Gasteiger partial charge on any atom is 0.339 e. The van der Waals surface area contributed by atoms with Crippen molar-refractivity contribution < 1.29 is 28.5 Å². The van der Waals surface area contributed by atoms with E-state index in [1.54, 1.807) is 32.9 Å². The van der Waals surface area contributed by atoms with E-state index in [0.717, 1.165) is 0 Å². The van der Waals surface area contributed by atoms with Crippen molar-refractivity contribution in [1.29, 1.82) is 0 Å². The fourth-order valence-electron chi connectivity index (χ4n) is 3.10. The van der Waals surface area contributed by atoms with Gasteiger partial charge in [0.1, 0.15) is 0 Å². The van der Waals surface area contributed by atoms with Crippen LogP contribution >= 0.6 is 0 Å². The van der Waals surface area contributed by atoms with Crippen molar-refractivity contribution in [3.8, 4) is 17.2 Å². The second-order valence-corrected chi connectivity index (χ2v) is 6.26. The van der Waals surface area contributed by atoms with Gasteiger partial charge in [0.15, 0.2) is 11.5 Å². The summed E-state index contributed by atoms with van der Waals surface area (Å²) in [6.07, 6.45) is 0. The average Bonchev–Trinajstić information content (AvgIpc) is 2.99. The van der Waals surface area contributed by atoms with Crippen molar-refractivity contribution in [2.75, 3.05) is 33.8 Å². The Morgan fingerprint density at radius 1 is 1.00 bits per heavy atom. The van der Waals surface area contributed by atoms with E-state index < -0.39 is 12.0 Å². The summed E-state index contributed by atoms with van der Waals surface area (Å²) in [7, 11) is 5.88. The molecule has 0 amide bonds. The minimum absolute atomic E-state index is 0.190.